The number of thioether (sulfide) groups is 1. The Morgan fingerprint density at radius 2 is 2.10 bits per heavy atom. The number of ether oxygens (including phenoxy) is 1. The number of benzene rings is 2. The van der Waals surface area contributed by atoms with E-state index in [9.17, 15) is 9.18 Å². The van der Waals surface area contributed by atoms with E-state index in [4.69, 9.17) is 16.3 Å². The van der Waals surface area contributed by atoms with E-state index >= 15 is 0 Å². The van der Waals surface area contributed by atoms with Crippen LogP contribution in [0.15, 0.2) is 60.3 Å². The zero-order valence-electron chi connectivity index (χ0n) is 15.9. The molecule has 1 aromatic heterocycles. The molecular weight excluding hydrogens is 427 g/mol. The van der Waals surface area contributed by atoms with Gasteiger partial charge in [-0.1, -0.05) is 53.7 Å². The Bertz CT molecular complexity index is 1120. The molecule has 0 fully saturated rings. The molecule has 1 amide bonds. The predicted octanol–water partition coefficient (Wildman–Crippen LogP) is 5.05. The lowest BCUT2D eigenvalue weighted by Crippen LogP contribution is -2.36. The number of anilines is 1. The van der Waals surface area contributed by atoms with Crippen LogP contribution in [0.25, 0.3) is 11.3 Å². The molecule has 1 aliphatic rings. The number of hydrogen-bond donors (Lipinski definition) is 0. The van der Waals surface area contributed by atoms with Crippen LogP contribution in [0.5, 0.6) is 5.88 Å². The van der Waals surface area contributed by atoms with Crippen LogP contribution >= 0.6 is 23.4 Å². The highest BCUT2D eigenvalue weighted by atomic mass is 35.5. The number of rotatable bonds is 4. The minimum Gasteiger partial charge on any atom is -0.447 e. The fourth-order valence-corrected chi connectivity index (χ4v) is 3.95. The van der Waals surface area contributed by atoms with Crippen LogP contribution in [-0.2, 0) is 4.79 Å². The van der Waals surface area contributed by atoms with Crippen LogP contribution in [0.2, 0.25) is 5.02 Å². The lowest BCUT2D eigenvalue weighted by Gasteiger charge is -2.30. The Morgan fingerprint density at radius 3 is 2.83 bits per heavy atom. The molecule has 1 atom stereocenters. The van der Waals surface area contributed by atoms with Crippen LogP contribution in [0.3, 0.4) is 0 Å². The van der Waals surface area contributed by atoms with Crippen molar-refractivity contribution in [1.82, 2.24) is 15.2 Å². The molecular formula is C21H16ClFN4O2S. The van der Waals surface area contributed by atoms with E-state index in [0.29, 0.717) is 27.9 Å². The minimum absolute atomic E-state index is 0.0379. The van der Waals surface area contributed by atoms with E-state index in [1.54, 1.807) is 36.4 Å². The third-order valence-electron chi connectivity index (χ3n) is 4.43. The third-order valence-corrected chi connectivity index (χ3v) is 5.59. The van der Waals surface area contributed by atoms with Crippen LogP contribution in [0.4, 0.5) is 10.1 Å². The predicted molar refractivity (Wildman–Crippen MR) is 114 cm³/mol. The highest BCUT2D eigenvalue weighted by molar-refractivity contribution is 7.99. The van der Waals surface area contributed by atoms with Crippen molar-refractivity contribution in [1.29, 1.82) is 0 Å². The smallest absolute Gasteiger partial charge is 0.247 e. The van der Waals surface area contributed by atoms with Crippen LogP contribution in [0, 0.1) is 5.82 Å². The largest absolute Gasteiger partial charge is 0.447 e. The number of halogens is 2. The maximum Gasteiger partial charge on any atom is 0.247 e. The van der Waals surface area contributed by atoms with Gasteiger partial charge in [-0.3, -0.25) is 9.69 Å². The van der Waals surface area contributed by atoms with Gasteiger partial charge in [0.15, 0.2) is 5.69 Å². The molecule has 0 N–H and O–H groups in total. The van der Waals surface area contributed by atoms with Gasteiger partial charge in [-0.2, -0.15) is 4.98 Å². The summed E-state index contributed by atoms with van der Waals surface area (Å²) in [7, 11) is 0. The van der Waals surface area contributed by atoms with E-state index in [1.165, 1.54) is 35.7 Å². The minimum atomic E-state index is -1.17. The maximum absolute atomic E-state index is 14.8. The number of nitrogens with zero attached hydrogens (tertiary/aromatic N) is 4. The lowest BCUT2D eigenvalue weighted by atomic mass is 10.1. The summed E-state index contributed by atoms with van der Waals surface area (Å²) in [5, 5.41) is 8.94. The van der Waals surface area contributed by atoms with Crippen LogP contribution in [0.1, 0.15) is 18.7 Å². The van der Waals surface area contributed by atoms with Gasteiger partial charge in [0.2, 0.25) is 23.2 Å². The SMILES string of the molecule is C=CCSc1nnc2c(n1)OC(c1c(F)cccc1Cl)N(C(C)=O)c1ccccc1-2. The number of hydrogen-bond acceptors (Lipinski definition) is 6. The fraction of sp³-hybridized carbons (Fsp3) is 0.143. The third kappa shape index (κ3) is 3.64. The van der Waals surface area contributed by atoms with Gasteiger partial charge in [0.1, 0.15) is 5.82 Å². The van der Waals surface area contributed by atoms with Crippen LogP contribution < -0.4 is 9.64 Å². The monoisotopic (exact) mass is 442 g/mol. The summed E-state index contributed by atoms with van der Waals surface area (Å²) >= 11 is 7.65. The van der Waals surface area contributed by atoms with Crippen molar-refractivity contribution in [3.63, 3.8) is 0 Å². The quantitative estimate of drug-likeness (QED) is 0.416. The van der Waals surface area contributed by atoms with E-state index in [0.717, 1.165) is 0 Å². The Labute approximate surface area is 181 Å². The number of carbonyl (C=O) groups is 1. The van der Waals surface area contributed by atoms with Gasteiger partial charge >= 0.3 is 0 Å². The highest BCUT2D eigenvalue weighted by Gasteiger charge is 2.37. The first-order chi connectivity index (χ1) is 14.5. The van der Waals surface area contributed by atoms with E-state index in [2.05, 4.69) is 21.8 Å². The van der Waals surface area contributed by atoms with Gasteiger partial charge < -0.3 is 4.74 Å². The molecule has 1 unspecified atom stereocenters. The summed E-state index contributed by atoms with van der Waals surface area (Å²) in [6.45, 7) is 5.06. The molecule has 30 heavy (non-hydrogen) atoms. The van der Waals surface area contributed by atoms with E-state index in [1.807, 2.05) is 0 Å². The molecule has 0 saturated heterocycles. The van der Waals surface area contributed by atoms with Crippen molar-refractivity contribution in [2.45, 2.75) is 18.3 Å². The Hall–Kier alpha value is -2.97. The molecule has 9 heteroatoms. The van der Waals surface area contributed by atoms with Gasteiger partial charge in [0.05, 0.1) is 16.3 Å². The first-order valence-electron chi connectivity index (χ1n) is 8.99. The topological polar surface area (TPSA) is 68.2 Å². The number of para-hydroxylation sites is 1. The second-order valence-electron chi connectivity index (χ2n) is 6.36. The summed E-state index contributed by atoms with van der Waals surface area (Å²) in [5.74, 6) is -0.229. The number of carbonyl (C=O) groups excluding carboxylic acids is 1. The summed E-state index contributed by atoms with van der Waals surface area (Å²) in [6.07, 6.45) is 0.544. The van der Waals surface area contributed by atoms with Crippen molar-refractivity contribution < 1.29 is 13.9 Å². The molecule has 3 aromatic rings. The normalized spacial score (nSPS) is 14.9. The Morgan fingerprint density at radius 1 is 1.30 bits per heavy atom. The van der Waals surface area contributed by atoms with Crippen molar-refractivity contribution in [2.75, 3.05) is 10.7 Å². The van der Waals surface area contributed by atoms with Gasteiger partial charge in [-0.15, -0.1) is 16.8 Å². The van der Waals surface area contributed by atoms with Crippen molar-refractivity contribution in [3.05, 3.63) is 71.5 Å². The number of fused-ring (bicyclic) bond motifs is 3. The van der Waals surface area contributed by atoms with E-state index < -0.39 is 12.0 Å². The molecule has 0 radical (unpaired) electrons. The molecule has 0 spiro atoms. The van der Waals surface area contributed by atoms with Gasteiger partial charge in [-0.05, 0) is 18.2 Å². The Balaban J connectivity index is 1.96. The second kappa shape index (κ2) is 8.41. The van der Waals surface area contributed by atoms with Crippen molar-refractivity contribution in [3.8, 4) is 17.1 Å². The van der Waals surface area contributed by atoms with Crippen LogP contribution in [-0.4, -0.2) is 26.8 Å². The maximum atomic E-state index is 14.8. The van der Waals surface area contributed by atoms with Gasteiger partial charge in [0.25, 0.3) is 0 Å². The molecule has 152 valence electrons. The number of aromatic nitrogens is 3. The fourth-order valence-electron chi connectivity index (χ4n) is 3.18. The van der Waals surface area contributed by atoms with Crippen molar-refractivity contribution >= 4 is 35.0 Å². The summed E-state index contributed by atoms with van der Waals surface area (Å²) in [4.78, 5) is 18.5. The molecule has 6 nitrogen and oxygen atoms in total. The average molecular weight is 443 g/mol. The molecule has 0 bridgehead atoms. The summed E-state index contributed by atoms with van der Waals surface area (Å²) in [5.41, 5.74) is 1.49. The molecule has 4 rings (SSSR count). The van der Waals surface area contributed by atoms with Gasteiger partial charge in [-0.25, -0.2) is 4.39 Å². The first kappa shape index (κ1) is 20.3. The Kier molecular flexibility index (Phi) is 5.69. The zero-order valence-corrected chi connectivity index (χ0v) is 17.5. The molecule has 2 heterocycles. The van der Waals surface area contributed by atoms with Crippen molar-refractivity contribution in [2.24, 2.45) is 0 Å². The average Bonchev–Trinajstić information content (AvgIpc) is 2.86. The molecule has 2 aromatic carbocycles. The lowest BCUT2D eigenvalue weighted by molar-refractivity contribution is -0.118. The standard InChI is InChI=1S/C21H16ClFN4O2S/c1-3-11-30-21-24-19-18(25-26-21)13-7-4-5-10-16(13)27(12(2)28)20(29-19)17-14(22)8-6-9-15(17)23/h3-10,20H,1,11H2,2H3. The summed E-state index contributed by atoms with van der Waals surface area (Å²) < 4.78 is 20.9. The zero-order chi connectivity index (χ0) is 21.3. The van der Waals surface area contributed by atoms with Gasteiger partial charge in [0, 0.05) is 18.2 Å². The van der Waals surface area contributed by atoms with E-state index in [-0.39, 0.29) is 22.4 Å². The second-order valence-corrected chi connectivity index (χ2v) is 7.75. The number of amides is 1. The highest BCUT2D eigenvalue weighted by Crippen LogP contribution is 2.44. The summed E-state index contributed by atoms with van der Waals surface area (Å²) in [6, 6.07) is 11.4. The first-order valence-corrected chi connectivity index (χ1v) is 10.4. The molecule has 0 aliphatic carbocycles. The molecule has 0 saturated carbocycles. The molecule has 1 aliphatic heterocycles.